The summed E-state index contributed by atoms with van der Waals surface area (Å²) in [5.74, 6) is 5.41. The van der Waals surface area contributed by atoms with Crippen molar-refractivity contribution in [3.63, 3.8) is 0 Å². The van der Waals surface area contributed by atoms with Crippen molar-refractivity contribution < 1.29 is 0 Å². The Kier molecular flexibility index (Phi) is 6.74. The van der Waals surface area contributed by atoms with Gasteiger partial charge in [-0.25, -0.2) is 15.0 Å². The van der Waals surface area contributed by atoms with Crippen LogP contribution in [0.4, 0.5) is 0 Å². The van der Waals surface area contributed by atoms with Crippen LogP contribution in [0.5, 0.6) is 0 Å². The van der Waals surface area contributed by atoms with Gasteiger partial charge in [0.05, 0.1) is 0 Å². The number of rotatable bonds is 5. The van der Waals surface area contributed by atoms with Crippen molar-refractivity contribution in [3.8, 4) is 67.5 Å². The van der Waals surface area contributed by atoms with Crippen LogP contribution in [0.3, 0.4) is 0 Å². The molecule has 1 heterocycles. The van der Waals surface area contributed by atoms with Crippen LogP contribution in [0.25, 0.3) is 67.5 Å². The van der Waals surface area contributed by atoms with E-state index in [1.165, 1.54) is 59.9 Å². The van der Waals surface area contributed by atoms with Crippen LogP contribution in [0.2, 0.25) is 0 Å². The Bertz CT molecular complexity index is 2400. The highest BCUT2D eigenvalue weighted by Gasteiger charge is 2.61. The molecule has 4 bridgehead atoms. The summed E-state index contributed by atoms with van der Waals surface area (Å²) in [5.41, 5.74) is 14.2. The zero-order chi connectivity index (χ0) is 34.2. The van der Waals surface area contributed by atoms with E-state index in [1.807, 2.05) is 36.4 Å². The van der Waals surface area contributed by atoms with Gasteiger partial charge < -0.3 is 0 Å². The largest absolute Gasteiger partial charge is 0.208 e. The highest BCUT2D eigenvalue weighted by atomic mass is 15.0. The number of hydrogen-bond acceptors (Lipinski definition) is 3. The second kappa shape index (κ2) is 11.7. The number of hydrogen-bond donors (Lipinski definition) is 0. The molecular weight excluding hydrogens is 631 g/mol. The topological polar surface area (TPSA) is 38.7 Å². The molecule has 0 radical (unpaired) electrons. The lowest BCUT2D eigenvalue weighted by molar-refractivity contribution is -0.0399. The van der Waals surface area contributed by atoms with Crippen LogP contribution in [0.1, 0.15) is 43.2 Å². The maximum atomic E-state index is 5.01. The Hall–Kier alpha value is -5.67. The van der Waals surface area contributed by atoms with Gasteiger partial charge in [0.15, 0.2) is 17.5 Å². The average Bonchev–Trinajstić information content (AvgIpc) is 3.51. The minimum Gasteiger partial charge on any atom is -0.208 e. The smallest absolute Gasteiger partial charge is 0.164 e. The van der Waals surface area contributed by atoms with Crippen molar-refractivity contribution in [2.75, 3.05) is 0 Å². The van der Waals surface area contributed by atoms with E-state index in [4.69, 9.17) is 15.0 Å². The fourth-order valence-corrected chi connectivity index (χ4v) is 11.1. The molecule has 0 atom stereocenters. The Morgan fingerprint density at radius 2 is 0.808 bits per heavy atom. The molecule has 3 nitrogen and oxygen atoms in total. The minimum absolute atomic E-state index is 0.170. The first-order valence-electron chi connectivity index (χ1n) is 19.0. The fraction of sp³-hybridized carbons (Fsp3) is 0.204. The summed E-state index contributed by atoms with van der Waals surface area (Å²) in [7, 11) is 0. The highest BCUT2D eigenvalue weighted by molar-refractivity contribution is 5.94. The first-order chi connectivity index (χ1) is 25.7. The molecule has 0 amide bonds. The Morgan fingerprint density at radius 3 is 1.44 bits per heavy atom. The summed E-state index contributed by atoms with van der Waals surface area (Å²) in [4.78, 5) is 14.9. The van der Waals surface area contributed by atoms with Gasteiger partial charge in [-0.05, 0) is 112 Å². The molecule has 52 heavy (non-hydrogen) atoms. The van der Waals surface area contributed by atoms with Crippen LogP contribution < -0.4 is 0 Å². The minimum atomic E-state index is 0.170. The van der Waals surface area contributed by atoms with Gasteiger partial charge >= 0.3 is 0 Å². The molecule has 6 aromatic carbocycles. The molecule has 3 heteroatoms. The van der Waals surface area contributed by atoms with Crippen molar-refractivity contribution in [3.05, 3.63) is 163 Å². The third-order valence-electron chi connectivity index (χ3n) is 12.9. The summed E-state index contributed by atoms with van der Waals surface area (Å²) in [6.45, 7) is 0. The monoisotopic (exact) mass is 669 g/mol. The van der Waals surface area contributed by atoms with Crippen molar-refractivity contribution in [2.45, 2.75) is 37.5 Å². The van der Waals surface area contributed by atoms with Crippen molar-refractivity contribution in [2.24, 2.45) is 23.7 Å². The van der Waals surface area contributed by atoms with Gasteiger partial charge in [-0.2, -0.15) is 0 Å². The normalized spacial score (nSPS) is 23.5. The van der Waals surface area contributed by atoms with Crippen LogP contribution in [-0.4, -0.2) is 15.0 Å². The molecule has 0 N–H and O–H groups in total. The average molecular weight is 670 g/mol. The summed E-state index contributed by atoms with van der Waals surface area (Å²) >= 11 is 0. The van der Waals surface area contributed by atoms with Gasteiger partial charge in [0.2, 0.25) is 0 Å². The highest BCUT2D eigenvalue weighted by Crippen LogP contribution is 2.70. The van der Waals surface area contributed by atoms with E-state index in [-0.39, 0.29) is 5.41 Å². The zero-order valence-corrected chi connectivity index (χ0v) is 29.1. The predicted octanol–water partition coefficient (Wildman–Crippen LogP) is 11.9. The SMILES string of the molecule is c1ccc(-c2nc(-c3ccccc3)nc(-c3cccc(-c4cccc(-c5cccc6c5-c5ccccc5C65C6CC7CC(C6)CC5C7)c4)c3)n2)cc1. The lowest BCUT2D eigenvalue weighted by Gasteiger charge is -2.61. The number of nitrogens with zero attached hydrogens (tertiary/aromatic N) is 3. The van der Waals surface area contributed by atoms with Gasteiger partial charge in [0, 0.05) is 22.1 Å². The van der Waals surface area contributed by atoms with Crippen LogP contribution in [0.15, 0.2) is 152 Å². The standard InChI is InChI=1S/C49H39N3/c1-3-12-33(13-4-1)46-50-47(34-14-5-2-6-15-34)52-48(51-46)38-19-10-17-36(30-38)35-16-9-18-37(29-35)41-21-11-23-44-45(41)42-20-7-8-22-43(42)49(44)39-25-31-24-32(27-39)28-40(49)26-31/h1-23,29-32,39-40H,24-28H2. The fourth-order valence-electron chi connectivity index (χ4n) is 11.1. The molecule has 1 aromatic heterocycles. The van der Waals surface area contributed by atoms with Gasteiger partial charge in [-0.15, -0.1) is 0 Å². The molecular formula is C49H39N3. The third kappa shape index (κ3) is 4.54. The third-order valence-corrected chi connectivity index (χ3v) is 12.9. The van der Waals surface area contributed by atoms with Gasteiger partial charge in [-0.3, -0.25) is 0 Å². The summed E-state index contributed by atoms with van der Waals surface area (Å²) < 4.78 is 0. The van der Waals surface area contributed by atoms with E-state index < -0.39 is 0 Å². The first kappa shape index (κ1) is 30.0. The molecule has 0 aliphatic heterocycles. The summed E-state index contributed by atoms with van der Waals surface area (Å²) in [6, 6.07) is 54.8. The molecule has 1 spiro atoms. The zero-order valence-electron chi connectivity index (χ0n) is 29.1. The maximum Gasteiger partial charge on any atom is 0.164 e. The molecule has 5 aliphatic rings. The van der Waals surface area contributed by atoms with E-state index in [1.54, 1.807) is 11.1 Å². The second-order valence-corrected chi connectivity index (χ2v) is 15.6. The molecule has 4 fully saturated rings. The maximum absolute atomic E-state index is 5.01. The lowest BCUT2D eigenvalue weighted by Crippen LogP contribution is -2.55. The van der Waals surface area contributed by atoms with E-state index >= 15 is 0 Å². The molecule has 7 aromatic rings. The second-order valence-electron chi connectivity index (χ2n) is 15.6. The van der Waals surface area contributed by atoms with Crippen LogP contribution >= 0.6 is 0 Å². The van der Waals surface area contributed by atoms with Crippen molar-refractivity contribution in [1.29, 1.82) is 0 Å². The van der Waals surface area contributed by atoms with Gasteiger partial charge in [-0.1, -0.05) is 140 Å². The number of benzene rings is 6. The van der Waals surface area contributed by atoms with E-state index in [9.17, 15) is 0 Å². The van der Waals surface area contributed by atoms with E-state index in [0.29, 0.717) is 17.5 Å². The van der Waals surface area contributed by atoms with Crippen molar-refractivity contribution in [1.82, 2.24) is 15.0 Å². The lowest BCUT2D eigenvalue weighted by atomic mass is 9.43. The number of aromatic nitrogens is 3. The Labute approximate surface area is 305 Å². The van der Waals surface area contributed by atoms with Crippen LogP contribution in [0, 0.1) is 23.7 Å². The van der Waals surface area contributed by atoms with Crippen molar-refractivity contribution >= 4 is 0 Å². The first-order valence-corrected chi connectivity index (χ1v) is 19.0. The Morgan fingerprint density at radius 1 is 0.365 bits per heavy atom. The molecule has 250 valence electrons. The summed E-state index contributed by atoms with van der Waals surface area (Å²) in [6.07, 6.45) is 7.08. The summed E-state index contributed by atoms with van der Waals surface area (Å²) in [5, 5.41) is 0. The van der Waals surface area contributed by atoms with Gasteiger partial charge in [0.1, 0.15) is 0 Å². The molecule has 4 saturated carbocycles. The van der Waals surface area contributed by atoms with E-state index in [2.05, 4.69) is 115 Å². The number of fused-ring (bicyclic) bond motifs is 3. The molecule has 0 saturated heterocycles. The molecule has 0 unspecified atom stereocenters. The predicted molar refractivity (Wildman–Crippen MR) is 210 cm³/mol. The Balaban J connectivity index is 1.01. The van der Waals surface area contributed by atoms with Crippen LogP contribution in [-0.2, 0) is 5.41 Å². The molecule has 12 rings (SSSR count). The van der Waals surface area contributed by atoms with Gasteiger partial charge in [0.25, 0.3) is 0 Å². The molecule has 5 aliphatic carbocycles. The quantitative estimate of drug-likeness (QED) is 0.183. The van der Waals surface area contributed by atoms with E-state index in [0.717, 1.165) is 45.9 Å².